The molecule has 3 nitrogen and oxygen atoms in total. The van der Waals surface area contributed by atoms with Crippen molar-refractivity contribution >= 4 is 0 Å². The number of nitrogens with zero attached hydrogens (tertiary/aromatic N) is 2. The Balaban J connectivity index is 2.21. The molecule has 0 aromatic heterocycles. The number of hydrogen-bond donors (Lipinski definition) is 1. The lowest BCUT2D eigenvalue weighted by molar-refractivity contribution is 0.126. The second kappa shape index (κ2) is 7.43. The molecule has 0 aromatic rings. The third-order valence-corrected chi connectivity index (χ3v) is 5.17. The van der Waals surface area contributed by atoms with Gasteiger partial charge in [0.15, 0.2) is 0 Å². The van der Waals surface area contributed by atoms with Gasteiger partial charge in [0.05, 0.1) is 6.07 Å². The Bertz CT molecular complexity index is 322. The van der Waals surface area contributed by atoms with Crippen molar-refractivity contribution < 1.29 is 0 Å². The van der Waals surface area contributed by atoms with Gasteiger partial charge in [0.25, 0.3) is 0 Å². The minimum absolute atomic E-state index is 0.354. The molecule has 0 saturated heterocycles. The molecule has 1 unspecified atom stereocenters. The summed E-state index contributed by atoms with van der Waals surface area (Å²) in [5.74, 6) is 0. The lowest BCUT2D eigenvalue weighted by Crippen LogP contribution is -2.39. The van der Waals surface area contributed by atoms with Crippen LogP contribution >= 0.6 is 0 Å². The van der Waals surface area contributed by atoms with E-state index >= 15 is 0 Å². The van der Waals surface area contributed by atoms with Gasteiger partial charge >= 0.3 is 0 Å². The van der Waals surface area contributed by atoms with Gasteiger partial charge in [-0.05, 0) is 77.9 Å². The van der Waals surface area contributed by atoms with Crippen molar-refractivity contribution in [1.82, 2.24) is 10.2 Å². The van der Waals surface area contributed by atoms with Crippen LogP contribution in [0.15, 0.2) is 0 Å². The standard InChI is InChI=1S/C17H33N3/c1-16(2)11-8-15(9-12-16)20(5)13-7-6-10-17(3,14-18)19-4/h15,19H,6-13H2,1-5H3. The van der Waals surface area contributed by atoms with Gasteiger partial charge < -0.3 is 10.2 Å². The third kappa shape index (κ3) is 5.42. The van der Waals surface area contributed by atoms with Crippen molar-refractivity contribution in [2.75, 3.05) is 20.6 Å². The van der Waals surface area contributed by atoms with E-state index in [1.807, 2.05) is 14.0 Å². The second-order valence-electron chi connectivity index (χ2n) is 7.53. The van der Waals surface area contributed by atoms with E-state index in [2.05, 4.69) is 37.2 Å². The normalized spacial score (nSPS) is 22.4. The van der Waals surface area contributed by atoms with E-state index in [0.29, 0.717) is 5.41 Å². The number of rotatable bonds is 7. The topological polar surface area (TPSA) is 39.1 Å². The Kier molecular flexibility index (Phi) is 6.48. The molecule has 1 rings (SSSR count). The van der Waals surface area contributed by atoms with Gasteiger partial charge in [-0.1, -0.05) is 13.8 Å². The Morgan fingerprint density at radius 2 is 1.90 bits per heavy atom. The molecular weight excluding hydrogens is 246 g/mol. The van der Waals surface area contributed by atoms with Crippen LogP contribution in [-0.4, -0.2) is 37.1 Å². The SMILES string of the molecule is CNC(C)(C#N)CCCCN(C)C1CCC(C)(C)CC1. The molecule has 0 aromatic carbocycles. The molecule has 1 atom stereocenters. The predicted octanol–water partition coefficient (Wildman–Crippen LogP) is 3.56. The lowest BCUT2D eigenvalue weighted by atomic mass is 9.75. The summed E-state index contributed by atoms with van der Waals surface area (Å²) in [6, 6.07) is 3.14. The third-order valence-electron chi connectivity index (χ3n) is 5.17. The molecule has 116 valence electrons. The van der Waals surface area contributed by atoms with Crippen molar-refractivity contribution in [3.05, 3.63) is 0 Å². The van der Waals surface area contributed by atoms with Gasteiger partial charge in [0.1, 0.15) is 5.54 Å². The van der Waals surface area contributed by atoms with E-state index in [4.69, 9.17) is 5.26 Å². The highest BCUT2D eigenvalue weighted by Gasteiger charge is 2.28. The van der Waals surface area contributed by atoms with Crippen molar-refractivity contribution in [3.8, 4) is 6.07 Å². The largest absolute Gasteiger partial charge is 0.303 e. The fourth-order valence-electron chi connectivity index (χ4n) is 3.08. The average Bonchev–Trinajstić information content (AvgIpc) is 2.43. The molecule has 20 heavy (non-hydrogen) atoms. The maximum atomic E-state index is 9.12. The van der Waals surface area contributed by atoms with E-state index in [9.17, 15) is 0 Å². The van der Waals surface area contributed by atoms with Crippen LogP contribution in [0.4, 0.5) is 0 Å². The number of hydrogen-bond acceptors (Lipinski definition) is 3. The van der Waals surface area contributed by atoms with E-state index in [0.717, 1.165) is 25.4 Å². The summed E-state index contributed by atoms with van der Waals surface area (Å²) in [7, 11) is 4.14. The maximum absolute atomic E-state index is 9.12. The fraction of sp³-hybridized carbons (Fsp3) is 0.941. The van der Waals surface area contributed by atoms with Crippen molar-refractivity contribution in [1.29, 1.82) is 5.26 Å². The molecule has 0 amide bonds. The molecule has 1 N–H and O–H groups in total. The van der Waals surface area contributed by atoms with E-state index < -0.39 is 0 Å². The number of nitriles is 1. The summed E-state index contributed by atoms with van der Waals surface area (Å²) >= 11 is 0. The highest BCUT2D eigenvalue weighted by atomic mass is 15.1. The second-order valence-corrected chi connectivity index (χ2v) is 7.53. The quantitative estimate of drug-likeness (QED) is 0.724. The van der Waals surface area contributed by atoms with Crippen LogP contribution in [0.2, 0.25) is 0 Å². The maximum Gasteiger partial charge on any atom is 0.103 e. The zero-order valence-electron chi connectivity index (χ0n) is 14.1. The van der Waals surface area contributed by atoms with Crippen molar-refractivity contribution in [2.45, 2.75) is 77.3 Å². The van der Waals surface area contributed by atoms with Gasteiger partial charge in [0, 0.05) is 6.04 Å². The van der Waals surface area contributed by atoms with Gasteiger partial charge in [0.2, 0.25) is 0 Å². The lowest BCUT2D eigenvalue weighted by Gasteiger charge is -2.38. The molecule has 1 saturated carbocycles. The Morgan fingerprint density at radius 3 is 2.40 bits per heavy atom. The van der Waals surface area contributed by atoms with Crippen molar-refractivity contribution in [3.63, 3.8) is 0 Å². The van der Waals surface area contributed by atoms with Crippen LogP contribution in [0.3, 0.4) is 0 Å². The Hall–Kier alpha value is -0.590. The van der Waals surface area contributed by atoms with Crippen molar-refractivity contribution in [2.24, 2.45) is 5.41 Å². The molecule has 1 aliphatic carbocycles. The van der Waals surface area contributed by atoms with Gasteiger partial charge in [-0.2, -0.15) is 5.26 Å². The predicted molar refractivity (Wildman–Crippen MR) is 85.6 cm³/mol. The monoisotopic (exact) mass is 279 g/mol. The first-order valence-electron chi connectivity index (χ1n) is 8.12. The highest BCUT2D eigenvalue weighted by Crippen LogP contribution is 2.36. The molecule has 1 fully saturated rings. The van der Waals surface area contributed by atoms with Gasteiger partial charge in [-0.25, -0.2) is 0 Å². The first-order valence-corrected chi connectivity index (χ1v) is 8.12. The molecule has 0 aliphatic heterocycles. The Morgan fingerprint density at radius 1 is 1.30 bits per heavy atom. The van der Waals surface area contributed by atoms with Gasteiger partial charge in [-0.15, -0.1) is 0 Å². The van der Waals surface area contributed by atoms with Crippen LogP contribution < -0.4 is 5.32 Å². The molecule has 0 radical (unpaired) electrons. The molecule has 3 heteroatoms. The molecule has 0 bridgehead atoms. The first-order chi connectivity index (χ1) is 9.32. The van der Waals surface area contributed by atoms with Crippen LogP contribution in [0.5, 0.6) is 0 Å². The summed E-state index contributed by atoms with van der Waals surface area (Å²) in [5, 5.41) is 12.2. The summed E-state index contributed by atoms with van der Waals surface area (Å²) in [4.78, 5) is 2.54. The summed E-state index contributed by atoms with van der Waals surface area (Å²) in [6.45, 7) is 7.93. The van der Waals surface area contributed by atoms with Crippen LogP contribution in [-0.2, 0) is 0 Å². The zero-order valence-corrected chi connectivity index (χ0v) is 14.1. The minimum Gasteiger partial charge on any atom is -0.303 e. The fourth-order valence-corrected chi connectivity index (χ4v) is 3.08. The average molecular weight is 279 g/mol. The summed E-state index contributed by atoms with van der Waals surface area (Å²) in [6.07, 6.45) is 8.64. The summed E-state index contributed by atoms with van der Waals surface area (Å²) in [5.41, 5.74) is 0.201. The molecule has 0 heterocycles. The smallest absolute Gasteiger partial charge is 0.103 e. The number of unbranched alkanes of at least 4 members (excludes halogenated alkanes) is 1. The van der Waals surface area contributed by atoms with E-state index in [1.165, 1.54) is 32.1 Å². The van der Waals surface area contributed by atoms with E-state index in [-0.39, 0.29) is 5.54 Å². The highest BCUT2D eigenvalue weighted by molar-refractivity contribution is 5.02. The first kappa shape index (κ1) is 17.5. The minimum atomic E-state index is -0.354. The van der Waals surface area contributed by atoms with Crippen LogP contribution in [0.25, 0.3) is 0 Å². The van der Waals surface area contributed by atoms with Crippen LogP contribution in [0, 0.1) is 16.7 Å². The molecule has 1 aliphatic rings. The zero-order chi connectivity index (χ0) is 15.2. The molecular formula is C17H33N3. The van der Waals surface area contributed by atoms with E-state index in [1.54, 1.807) is 0 Å². The van der Waals surface area contributed by atoms with Gasteiger partial charge in [-0.3, -0.25) is 0 Å². The van der Waals surface area contributed by atoms with Crippen LogP contribution in [0.1, 0.15) is 65.7 Å². The number of nitrogens with one attached hydrogen (secondary N) is 1. The summed E-state index contributed by atoms with van der Waals surface area (Å²) < 4.78 is 0. The Labute approximate surface area is 125 Å². The molecule has 0 spiro atoms.